The molecule has 0 fully saturated rings. The predicted octanol–water partition coefficient (Wildman–Crippen LogP) is 3.17. The lowest BCUT2D eigenvalue weighted by atomic mass is 10.2. The maximum Gasteiger partial charge on any atom is 0.287 e. The lowest BCUT2D eigenvalue weighted by Crippen LogP contribution is -2.38. The van der Waals surface area contributed by atoms with Crippen LogP contribution in [0.25, 0.3) is 10.9 Å². The molecule has 29 heavy (non-hydrogen) atoms. The van der Waals surface area contributed by atoms with Crippen molar-refractivity contribution in [3.8, 4) is 0 Å². The summed E-state index contributed by atoms with van der Waals surface area (Å²) in [5.41, 5.74) is 1.14. The Morgan fingerprint density at radius 2 is 1.79 bits per heavy atom. The first-order valence-electron chi connectivity index (χ1n) is 9.78. The topological polar surface area (TPSA) is 67.2 Å². The lowest BCUT2D eigenvalue weighted by Gasteiger charge is -2.18. The Morgan fingerprint density at radius 1 is 1.10 bits per heavy atom. The quantitative estimate of drug-likeness (QED) is 0.617. The van der Waals surface area contributed by atoms with Gasteiger partial charge in [-0.25, -0.2) is 4.98 Å². The second-order valence-electron chi connectivity index (χ2n) is 6.75. The number of hydrogen-bond acceptors (Lipinski definition) is 4. The Morgan fingerprint density at radius 3 is 2.48 bits per heavy atom. The minimum absolute atomic E-state index is 0.114. The summed E-state index contributed by atoms with van der Waals surface area (Å²) in [5.74, 6) is -0.239. The van der Waals surface area contributed by atoms with Crippen molar-refractivity contribution in [3.63, 3.8) is 0 Å². The Kier molecular flexibility index (Phi) is 7.01. The van der Waals surface area contributed by atoms with Gasteiger partial charge in [-0.2, -0.15) is 0 Å². The normalized spacial score (nSPS) is 11.2. The minimum atomic E-state index is -0.353. The van der Waals surface area contributed by atoms with Crippen molar-refractivity contribution in [2.24, 2.45) is 0 Å². The van der Waals surface area contributed by atoms with E-state index in [0.717, 1.165) is 25.2 Å². The summed E-state index contributed by atoms with van der Waals surface area (Å²) < 4.78 is 1.43. The first kappa shape index (κ1) is 21.0. The number of likely N-dealkylation sites (N-methyl/N-ethyl adjacent to an activating group) is 1. The van der Waals surface area contributed by atoms with Crippen molar-refractivity contribution in [2.45, 2.75) is 20.4 Å². The second-order valence-corrected chi connectivity index (χ2v) is 7.19. The molecule has 0 spiro atoms. The maximum absolute atomic E-state index is 13.1. The highest BCUT2D eigenvalue weighted by Gasteiger charge is 2.17. The van der Waals surface area contributed by atoms with Crippen LogP contribution < -0.4 is 10.9 Å². The van der Waals surface area contributed by atoms with Crippen molar-refractivity contribution < 1.29 is 4.79 Å². The number of carbonyl (C=O) groups is 1. The van der Waals surface area contributed by atoms with E-state index >= 15 is 0 Å². The molecule has 0 saturated carbocycles. The molecule has 0 aliphatic carbocycles. The molecule has 6 nitrogen and oxygen atoms in total. The van der Waals surface area contributed by atoms with Crippen LogP contribution in [0.3, 0.4) is 0 Å². The molecule has 0 saturated heterocycles. The Bertz CT molecular complexity index is 1040. The molecule has 3 rings (SSSR count). The fourth-order valence-corrected chi connectivity index (χ4v) is 3.33. The third-order valence-electron chi connectivity index (χ3n) is 4.93. The number of fused-ring (bicyclic) bond motifs is 1. The van der Waals surface area contributed by atoms with Gasteiger partial charge in [0.2, 0.25) is 5.82 Å². The molecular formula is C22H25ClN4O2. The number of nitrogens with one attached hydrogen (secondary N) is 1. The maximum atomic E-state index is 13.1. The van der Waals surface area contributed by atoms with Crippen LogP contribution in [0, 0.1) is 0 Å². The Labute approximate surface area is 175 Å². The smallest absolute Gasteiger partial charge is 0.287 e. The molecule has 0 atom stereocenters. The first-order valence-corrected chi connectivity index (χ1v) is 10.2. The third-order valence-corrected chi connectivity index (χ3v) is 5.18. The predicted molar refractivity (Wildman–Crippen MR) is 117 cm³/mol. The van der Waals surface area contributed by atoms with E-state index in [4.69, 9.17) is 11.6 Å². The van der Waals surface area contributed by atoms with Gasteiger partial charge < -0.3 is 10.2 Å². The Hall–Kier alpha value is -2.70. The number of para-hydroxylation sites is 1. The zero-order valence-corrected chi connectivity index (χ0v) is 17.4. The summed E-state index contributed by atoms with van der Waals surface area (Å²) in [5, 5.41) is 4.01. The number of carbonyl (C=O) groups excluding carboxylic acids is 1. The fourth-order valence-electron chi connectivity index (χ4n) is 3.21. The summed E-state index contributed by atoms with van der Waals surface area (Å²) >= 11 is 5.96. The molecule has 0 unspecified atom stereocenters. The van der Waals surface area contributed by atoms with Gasteiger partial charge in [-0.3, -0.25) is 14.2 Å². The van der Waals surface area contributed by atoms with E-state index in [0.29, 0.717) is 22.5 Å². The zero-order valence-electron chi connectivity index (χ0n) is 16.7. The van der Waals surface area contributed by atoms with E-state index in [9.17, 15) is 9.59 Å². The Balaban J connectivity index is 1.94. The SMILES string of the molecule is CCN(CC)CCNC(=O)c1nc2ccccc2c(=O)n1Cc1ccc(Cl)cc1. The van der Waals surface area contributed by atoms with Crippen LogP contribution in [0.5, 0.6) is 0 Å². The summed E-state index contributed by atoms with van der Waals surface area (Å²) in [7, 11) is 0. The lowest BCUT2D eigenvalue weighted by molar-refractivity contribution is 0.0933. The fraction of sp³-hybridized carbons (Fsp3) is 0.318. The van der Waals surface area contributed by atoms with Crippen molar-refractivity contribution >= 4 is 28.4 Å². The molecular weight excluding hydrogens is 388 g/mol. The summed E-state index contributed by atoms with van der Waals surface area (Å²) in [6, 6.07) is 14.3. The molecule has 7 heteroatoms. The van der Waals surface area contributed by atoms with Crippen molar-refractivity contribution in [1.82, 2.24) is 19.8 Å². The van der Waals surface area contributed by atoms with Gasteiger partial charge in [-0.05, 0) is 42.9 Å². The number of hydrogen-bond donors (Lipinski definition) is 1. The van der Waals surface area contributed by atoms with Crippen molar-refractivity contribution in [3.05, 3.63) is 75.3 Å². The molecule has 1 aromatic heterocycles. The number of benzene rings is 2. The van der Waals surface area contributed by atoms with Crippen molar-refractivity contribution in [1.29, 1.82) is 0 Å². The van der Waals surface area contributed by atoms with Crippen LogP contribution in [-0.4, -0.2) is 46.5 Å². The second kappa shape index (κ2) is 9.67. The molecule has 2 aromatic carbocycles. The molecule has 3 aromatic rings. The van der Waals surface area contributed by atoms with E-state index in [-0.39, 0.29) is 23.8 Å². The first-order chi connectivity index (χ1) is 14.0. The summed E-state index contributed by atoms with van der Waals surface area (Å²) in [4.78, 5) is 32.7. The molecule has 1 N–H and O–H groups in total. The molecule has 0 aliphatic rings. The van der Waals surface area contributed by atoms with Crippen LogP contribution in [-0.2, 0) is 6.54 Å². The molecule has 152 valence electrons. The number of halogens is 1. The average Bonchev–Trinajstić information content (AvgIpc) is 2.74. The highest BCUT2D eigenvalue weighted by atomic mass is 35.5. The number of nitrogens with zero attached hydrogens (tertiary/aromatic N) is 3. The molecule has 0 bridgehead atoms. The van der Waals surface area contributed by atoms with E-state index < -0.39 is 0 Å². The minimum Gasteiger partial charge on any atom is -0.348 e. The van der Waals surface area contributed by atoms with Gasteiger partial charge in [-0.15, -0.1) is 0 Å². The number of amides is 1. The van der Waals surface area contributed by atoms with Gasteiger partial charge in [0.1, 0.15) is 0 Å². The number of rotatable bonds is 8. The molecule has 0 radical (unpaired) electrons. The molecule has 1 amide bonds. The van der Waals surface area contributed by atoms with Gasteiger partial charge in [-0.1, -0.05) is 49.7 Å². The van der Waals surface area contributed by atoms with E-state index in [1.165, 1.54) is 4.57 Å². The number of aromatic nitrogens is 2. The van der Waals surface area contributed by atoms with E-state index in [1.54, 1.807) is 36.4 Å². The van der Waals surface area contributed by atoms with Crippen LogP contribution in [0.4, 0.5) is 0 Å². The molecule has 1 heterocycles. The van der Waals surface area contributed by atoms with Crippen LogP contribution >= 0.6 is 11.6 Å². The zero-order chi connectivity index (χ0) is 20.8. The van der Waals surface area contributed by atoms with Crippen molar-refractivity contribution in [2.75, 3.05) is 26.2 Å². The van der Waals surface area contributed by atoms with Gasteiger partial charge in [0.15, 0.2) is 0 Å². The highest BCUT2D eigenvalue weighted by molar-refractivity contribution is 6.30. The largest absolute Gasteiger partial charge is 0.348 e. The third kappa shape index (κ3) is 5.02. The van der Waals surface area contributed by atoms with Crippen LogP contribution in [0.15, 0.2) is 53.3 Å². The van der Waals surface area contributed by atoms with Crippen LogP contribution in [0.2, 0.25) is 5.02 Å². The summed E-state index contributed by atoms with van der Waals surface area (Å²) in [6.07, 6.45) is 0. The monoisotopic (exact) mass is 412 g/mol. The van der Waals surface area contributed by atoms with Crippen LogP contribution in [0.1, 0.15) is 30.0 Å². The van der Waals surface area contributed by atoms with Gasteiger partial charge in [0, 0.05) is 18.1 Å². The average molecular weight is 413 g/mol. The van der Waals surface area contributed by atoms with E-state index in [1.807, 2.05) is 12.1 Å². The van der Waals surface area contributed by atoms with E-state index in [2.05, 4.69) is 29.0 Å². The van der Waals surface area contributed by atoms with Gasteiger partial charge in [0.05, 0.1) is 17.4 Å². The molecule has 0 aliphatic heterocycles. The summed E-state index contributed by atoms with van der Waals surface area (Å²) in [6.45, 7) is 7.48. The van der Waals surface area contributed by atoms with Gasteiger partial charge in [0.25, 0.3) is 11.5 Å². The highest BCUT2D eigenvalue weighted by Crippen LogP contribution is 2.13. The standard InChI is InChI=1S/C22H25ClN4O2/c1-3-26(4-2)14-13-24-21(28)20-25-19-8-6-5-7-18(19)22(29)27(20)15-16-9-11-17(23)12-10-16/h5-12H,3-4,13-15H2,1-2H3,(H,24,28). The van der Waals surface area contributed by atoms with Gasteiger partial charge >= 0.3 is 0 Å².